The van der Waals surface area contributed by atoms with E-state index in [1.807, 2.05) is 37.3 Å². The fraction of sp³-hybridized carbons (Fsp3) is 0.250. The zero-order valence-electron chi connectivity index (χ0n) is 11.2. The predicted octanol–water partition coefficient (Wildman–Crippen LogP) is 4.00. The van der Waals surface area contributed by atoms with Crippen molar-refractivity contribution >= 4 is 0 Å². The first-order valence-electron chi connectivity index (χ1n) is 6.53. The summed E-state index contributed by atoms with van der Waals surface area (Å²) in [5.74, 6) is -2.62. The summed E-state index contributed by atoms with van der Waals surface area (Å²) in [6.07, 6.45) is 0.439. The summed E-state index contributed by atoms with van der Waals surface area (Å²) < 4.78 is 40.7. The highest BCUT2D eigenvalue weighted by atomic mass is 19.1. The number of nitrogens with one attached hydrogen (secondary N) is 1. The van der Waals surface area contributed by atoms with Crippen molar-refractivity contribution in [3.05, 3.63) is 71.0 Å². The molecule has 0 radical (unpaired) electrons. The summed E-state index contributed by atoms with van der Waals surface area (Å²) in [7, 11) is 0. The van der Waals surface area contributed by atoms with E-state index in [2.05, 4.69) is 5.32 Å². The van der Waals surface area contributed by atoms with Gasteiger partial charge in [0.05, 0.1) is 0 Å². The molecular weight excluding hydrogens is 263 g/mol. The van der Waals surface area contributed by atoms with Crippen LogP contribution in [0.1, 0.15) is 24.1 Å². The fourth-order valence-corrected chi connectivity index (χ4v) is 2.26. The summed E-state index contributed by atoms with van der Waals surface area (Å²) in [6, 6.07) is 10.3. The van der Waals surface area contributed by atoms with E-state index < -0.39 is 23.5 Å². The SMILES string of the molecule is CCNC(Cc1ccccc1)c1c(F)cc(F)cc1F. The van der Waals surface area contributed by atoms with Gasteiger partial charge in [-0.2, -0.15) is 0 Å². The van der Waals surface area contributed by atoms with Crippen LogP contribution in [0.15, 0.2) is 42.5 Å². The molecule has 0 aliphatic rings. The number of hydrogen-bond donors (Lipinski definition) is 1. The molecule has 2 aromatic rings. The van der Waals surface area contributed by atoms with Gasteiger partial charge in [-0.3, -0.25) is 0 Å². The maximum Gasteiger partial charge on any atom is 0.133 e. The summed E-state index contributed by atoms with van der Waals surface area (Å²) in [6.45, 7) is 2.42. The average Bonchev–Trinajstić information content (AvgIpc) is 2.39. The molecule has 0 fully saturated rings. The number of benzene rings is 2. The van der Waals surface area contributed by atoms with Crippen LogP contribution in [0, 0.1) is 17.5 Å². The van der Waals surface area contributed by atoms with Crippen LogP contribution in [0.25, 0.3) is 0 Å². The summed E-state index contributed by atoms with van der Waals surface area (Å²) in [5.41, 5.74) is 0.846. The third kappa shape index (κ3) is 3.39. The molecule has 1 nitrogen and oxygen atoms in total. The largest absolute Gasteiger partial charge is 0.310 e. The maximum atomic E-state index is 13.9. The maximum absolute atomic E-state index is 13.9. The monoisotopic (exact) mass is 279 g/mol. The highest BCUT2D eigenvalue weighted by Crippen LogP contribution is 2.25. The molecule has 1 N–H and O–H groups in total. The first-order chi connectivity index (χ1) is 9.61. The molecule has 0 bridgehead atoms. The van der Waals surface area contributed by atoms with Gasteiger partial charge >= 0.3 is 0 Å². The van der Waals surface area contributed by atoms with E-state index in [0.29, 0.717) is 25.1 Å². The van der Waals surface area contributed by atoms with E-state index in [9.17, 15) is 13.2 Å². The minimum atomic E-state index is -0.904. The van der Waals surface area contributed by atoms with E-state index in [0.717, 1.165) is 5.56 Å². The Hall–Kier alpha value is -1.81. The highest BCUT2D eigenvalue weighted by molar-refractivity contribution is 5.27. The van der Waals surface area contributed by atoms with Gasteiger partial charge in [0.1, 0.15) is 17.5 Å². The molecule has 0 heterocycles. The van der Waals surface area contributed by atoms with E-state index in [1.165, 1.54) is 0 Å². The summed E-state index contributed by atoms with van der Waals surface area (Å²) in [4.78, 5) is 0. The van der Waals surface area contributed by atoms with Crippen LogP contribution in [0.3, 0.4) is 0 Å². The Morgan fingerprint density at radius 1 is 1.00 bits per heavy atom. The van der Waals surface area contributed by atoms with Crippen LogP contribution in [-0.2, 0) is 6.42 Å². The van der Waals surface area contributed by atoms with Crippen LogP contribution in [-0.4, -0.2) is 6.54 Å². The molecule has 0 saturated heterocycles. The quantitative estimate of drug-likeness (QED) is 0.872. The van der Waals surface area contributed by atoms with Crippen molar-refractivity contribution in [1.82, 2.24) is 5.32 Å². The zero-order valence-corrected chi connectivity index (χ0v) is 11.2. The van der Waals surface area contributed by atoms with Crippen molar-refractivity contribution in [2.24, 2.45) is 0 Å². The average molecular weight is 279 g/mol. The molecule has 1 unspecified atom stereocenters. The molecule has 0 amide bonds. The standard InChI is InChI=1S/C16H16F3N/c1-2-20-15(8-11-6-4-3-5-7-11)16-13(18)9-12(17)10-14(16)19/h3-7,9-10,15,20H,2,8H2,1H3. The second-order valence-corrected chi connectivity index (χ2v) is 4.58. The van der Waals surface area contributed by atoms with Crippen LogP contribution in [0.2, 0.25) is 0 Å². The van der Waals surface area contributed by atoms with E-state index >= 15 is 0 Å². The van der Waals surface area contributed by atoms with Crippen molar-refractivity contribution in [1.29, 1.82) is 0 Å². The number of halogens is 3. The van der Waals surface area contributed by atoms with Crippen molar-refractivity contribution in [3.8, 4) is 0 Å². The lowest BCUT2D eigenvalue weighted by molar-refractivity contribution is 0.462. The molecule has 0 spiro atoms. The second kappa shape index (κ2) is 6.57. The van der Waals surface area contributed by atoms with E-state index in [4.69, 9.17) is 0 Å². The van der Waals surface area contributed by atoms with Crippen LogP contribution in [0.4, 0.5) is 13.2 Å². The first-order valence-corrected chi connectivity index (χ1v) is 6.53. The molecule has 20 heavy (non-hydrogen) atoms. The van der Waals surface area contributed by atoms with Gasteiger partial charge in [0.25, 0.3) is 0 Å². The van der Waals surface area contributed by atoms with Crippen molar-refractivity contribution in [2.75, 3.05) is 6.54 Å². The van der Waals surface area contributed by atoms with Gasteiger partial charge in [-0.1, -0.05) is 37.3 Å². The Bertz CT molecular complexity index is 546. The van der Waals surface area contributed by atoms with Crippen molar-refractivity contribution < 1.29 is 13.2 Å². The van der Waals surface area contributed by atoms with Gasteiger partial charge in [-0.05, 0) is 18.5 Å². The number of hydrogen-bond acceptors (Lipinski definition) is 1. The van der Waals surface area contributed by atoms with Crippen LogP contribution < -0.4 is 5.32 Å². The zero-order chi connectivity index (χ0) is 14.5. The smallest absolute Gasteiger partial charge is 0.133 e. The third-order valence-corrected chi connectivity index (χ3v) is 3.13. The molecule has 106 valence electrons. The van der Waals surface area contributed by atoms with Gasteiger partial charge in [0.15, 0.2) is 0 Å². The third-order valence-electron chi connectivity index (χ3n) is 3.13. The van der Waals surface area contributed by atoms with Gasteiger partial charge in [-0.15, -0.1) is 0 Å². The molecule has 0 aromatic heterocycles. The molecule has 0 saturated carbocycles. The Kier molecular flexibility index (Phi) is 4.79. The lowest BCUT2D eigenvalue weighted by Crippen LogP contribution is -2.25. The molecule has 0 aliphatic heterocycles. The lowest BCUT2D eigenvalue weighted by atomic mass is 9.97. The number of rotatable bonds is 5. The Labute approximate surface area is 116 Å². The molecule has 2 rings (SSSR count). The molecular formula is C16H16F3N. The van der Waals surface area contributed by atoms with Gasteiger partial charge in [-0.25, -0.2) is 13.2 Å². The van der Waals surface area contributed by atoms with E-state index in [-0.39, 0.29) is 5.56 Å². The van der Waals surface area contributed by atoms with Gasteiger partial charge < -0.3 is 5.32 Å². The molecule has 1 atom stereocenters. The molecule has 4 heteroatoms. The number of likely N-dealkylation sites (N-methyl/N-ethyl adjacent to an activating group) is 1. The predicted molar refractivity (Wildman–Crippen MR) is 72.9 cm³/mol. The Balaban J connectivity index is 2.34. The van der Waals surface area contributed by atoms with Crippen LogP contribution in [0.5, 0.6) is 0 Å². The topological polar surface area (TPSA) is 12.0 Å². The Morgan fingerprint density at radius 2 is 1.60 bits per heavy atom. The van der Waals surface area contributed by atoms with E-state index in [1.54, 1.807) is 0 Å². The highest BCUT2D eigenvalue weighted by Gasteiger charge is 2.21. The fourth-order valence-electron chi connectivity index (χ4n) is 2.26. The minimum absolute atomic E-state index is 0.114. The van der Waals surface area contributed by atoms with Gasteiger partial charge in [0.2, 0.25) is 0 Å². The van der Waals surface area contributed by atoms with Crippen molar-refractivity contribution in [2.45, 2.75) is 19.4 Å². The Morgan fingerprint density at radius 3 is 2.15 bits per heavy atom. The normalized spacial score (nSPS) is 12.4. The minimum Gasteiger partial charge on any atom is -0.310 e. The summed E-state index contributed by atoms with van der Waals surface area (Å²) in [5, 5.41) is 3.05. The first kappa shape index (κ1) is 14.6. The molecule has 2 aromatic carbocycles. The van der Waals surface area contributed by atoms with Crippen LogP contribution >= 0.6 is 0 Å². The molecule has 0 aliphatic carbocycles. The second-order valence-electron chi connectivity index (χ2n) is 4.58. The van der Waals surface area contributed by atoms with Crippen molar-refractivity contribution in [3.63, 3.8) is 0 Å². The summed E-state index contributed by atoms with van der Waals surface area (Å²) >= 11 is 0. The lowest BCUT2D eigenvalue weighted by Gasteiger charge is -2.20. The van der Waals surface area contributed by atoms with Gasteiger partial charge in [0, 0.05) is 23.7 Å².